The molecule has 0 aliphatic carbocycles. The van der Waals surface area contributed by atoms with Crippen molar-refractivity contribution in [2.24, 2.45) is 5.92 Å². The molecule has 2 fully saturated rings. The lowest BCUT2D eigenvalue weighted by atomic mass is 9.93. The molecule has 2 heterocycles. The Hall–Kier alpha value is -1.06. The van der Waals surface area contributed by atoms with Crippen LogP contribution in [0, 0.1) is 5.92 Å². The van der Waals surface area contributed by atoms with Crippen LogP contribution in [-0.4, -0.2) is 35.8 Å². The number of hydrogen-bond acceptors (Lipinski definition) is 2. The Labute approximate surface area is 77.3 Å². The van der Waals surface area contributed by atoms with Crippen LogP contribution in [0.25, 0.3) is 0 Å². The Balaban J connectivity index is 2.18. The van der Waals surface area contributed by atoms with Crippen LogP contribution in [0.2, 0.25) is 0 Å². The zero-order valence-electron chi connectivity index (χ0n) is 7.75. The van der Waals surface area contributed by atoms with E-state index in [1.165, 1.54) is 6.92 Å². The molecule has 2 aliphatic rings. The van der Waals surface area contributed by atoms with Gasteiger partial charge in [-0.15, -0.1) is 0 Å². The van der Waals surface area contributed by atoms with E-state index in [1.807, 2.05) is 0 Å². The fraction of sp³-hybridized carbons (Fsp3) is 0.778. The van der Waals surface area contributed by atoms with E-state index in [0.29, 0.717) is 5.92 Å². The highest BCUT2D eigenvalue weighted by Gasteiger charge is 2.42. The van der Waals surface area contributed by atoms with E-state index >= 15 is 0 Å². The van der Waals surface area contributed by atoms with Gasteiger partial charge in [-0.2, -0.15) is 0 Å². The van der Waals surface area contributed by atoms with Crippen LogP contribution in [0.4, 0.5) is 0 Å². The molecule has 0 radical (unpaired) electrons. The molecule has 2 atom stereocenters. The van der Waals surface area contributed by atoms with Gasteiger partial charge < -0.3 is 10.2 Å². The molecule has 0 bridgehead atoms. The summed E-state index contributed by atoms with van der Waals surface area (Å²) < 4.78 is 0. The second-order valence-corrected chi connectivity index (χ2v) is 3.79. The van der Waals surface area contributed by atoms with Crippen molar-refractivity contribution in [2.45, 2.75) is 25.8 Å². The van der Waals surface area contributed by atoms with E-state index < -0.39 is 0 Å². The van der Waals surface area contributed by atoms with Crippen molar-refractivity contribution in [3.8, 4) is 0 Å². The third-order valence-corrected chi connectivity index (χ3v) is 3.01. The maximum absolute atomic E-state index is 11.5. The number of amides is 2. The molecule has 2 unspecified atom stereocenters. The third-order valence-electron chi connectivity index (χ3n) is 3.01. The number of nitrogens with one attached hydrogen (secondary N) is 1. The summed E-state index contributed by atoms with van der Waals surface area (Å²) in [6, 6.07) is -0.175. The molecule has 2 saturated heterocycles. The number of rotatable bonds is 0. The average Bonchev–Trinajstić information content (AvgIpc) is 2.49. The Morgan fingerprint density at radius 1 is 1.54 bits per heavy atom. The largest absolute Gasteiger partial charge is 0.354 e. The second kappa shape index (κ2) is 3.01. The molecule has 4 heteroatoms. The van der Waals surface area contributed by atoms with Crippen LogP contribution in [0.3, 0.4) is 0 Å². The van der Waals surface area contributed by atoms with Gasteiger partial charge in [-0.05, 0) is 18.8 Å². The first kappa shape index (κ1) is 8.53. The summed E-state index contributed by atoms with van der Waals surface area (Å²) in [6.45, 7) is 3.05. The minimum Gasteiger partial charge on any atom is -0.354 e. The fourth-order valence-corrected chi connectivity index (χ4v) is 2.35. The van der Waals surface area contributed by atoms with Crippen molar-refractivity contribution in [3.63, 3.8) is 0 Å². The Kier molecular flexibility index (Phi) is 1.98. The summed E-state index contributed by atoms with van der Waals surface area (Å²) in [4.78, 5) is 24.4. The number of piperidine rings is 1. The van der Waals surface area contributed by atoms with Gasteiger partial charge in [0.25, 0.3) is 0 Å². The number of fused-ring (bicyclic) bond motifs is 1. The Morgan fingerprint density at radius 3 is 3.00 bits per heavy atom. The summed E-state index contributed by atoms with van der Waals surface area (Å²) in [6.07, 6.45) is 2.00. The van der Waals surface area contributed by atoms with Crippen molar-refractivity contribution in [1.29, 1.82) is 0 Å². The molecule has 0 aromatic carbocycles. The summed E-state index contributed by atoms with van der Waals surface area (Å²) in [5.74, 6) is 0.450. The van der Waals surface area contributed by atoms with Gasteiger partial charge in [0.15, 0.2) is 0 Å². The van der Waals surface area contributed by atoms with Gasteiger partial charge in [0.1, 0.15) is 6.04 Å². The van der Waals surface area contributed by atoms with Crippen LogP contribution >= 0.6 is 0 Å². The topological polar surface area (TPSA) is 49.4 Å². The van der Waals surface area contributed by atoms with Crippen LogP contribution in [0.5, 0.6) is 0 Å². The molecule has 13 heavy (non-hydrogen) atoms. The lowest BCUT2D eigenvalue weighted by Crippen LogP contribution is -2.51. The molecule has 2 aliphatic heterocycles. The van der Waals surface area contributed by atoms with Gasteiger partial charge in [0.2, 0.25) is 11.8 Å². The highest BCUT2D eigenvalue weighted by atomic mass is 16.2. The van der Waals surface area contributed by atoms with Gasteiger partial charge >= 0.3 is 0 Å². The van der Waals surface area contributed by atoms with Crippen molar-refractivity contribution in [1.82, 2.24) is 10.2 Å². The van der Waals surface area contributed by atoms with E-state index in [1.54, 1.807) is 4.90 Å². The van der Waals surface area contributed by atoms with Gasteiger partial charge in [0.05, 0.1) is 0 Å². The number of likely N-dealkylation sites (tertiary alicyclic amines) is 1. The predicted molar refractivity (Wildman–Crippen MR) is 46.9 cm³/mol. The highest BCUT2D eigenvalue weighted by Crippen LogP contribution is 2.29. The number of carbonyl (C=O) groups is 2. The van der Waals surface area contributed by atoms with E-state index in [2.05, 4.69) is 5.32 Å². The Bertz CT molecular complexity index is 252. The monoisotopic (exact) mass is 182 g/mol. The lowest BCUT2D eigenvalue weighted by molar-refractivity contribution is -0.139. The number of nitrogens with zero attached hydrogens (tertiary/aromatic N) is 1. The molecule has 2 amide bonds. The fourth-order valence-electron chi connectivity index (χ4n) is 2.35. The molecule has 4 nitrogen and oxygen atoms in total. The van der Waals surface area contributed by atoms with E-state index in [4.69, 9.17) is 0 Å². The van der Waals surface area contributed by atoms with E-state index in [9.17, 15) is 9.59 Å². The van der Waals surface area contributed by atoms with E-state index in [0.717, 1.165) is 25.9 Å². The predicted octanol–water partition coefficient (Wildman–Crippen LogP) is -0.257. The number of carbonyl (C=O) groups excluding carboxylic acids is 2. The first-order chi connectivity index (χ1) is 6.20. The standard InChI is InChI=1S/C9H14N2O2/c1-6(12)11-5-3-7-2-4-10-9(13)8(7)11/h7-8H,2-5H2,1H3,(H,10,13). The second-order valence-electron chi connectivity index (χ2n) is 3.79. The van der Waals surface area contributed by atoms with Crippen molar-refractivity contribution < 1.29 is 9.59 Å². The normalized spacial score (nSPS) is 32.7. The average molecular weight is 182 g/mol. The summed E-state index contributed by atoms with van der Waals surface area (Å²) in [5, 5.41) is 2.81. The maximum atomic E-state index is 11.5. The smallest absolute Gasteiger partial charge is 0.243 e. The quantitative estimate of drug-likeness (QED) is 0.561. The Morgan fingerprint density at radius 2 is 2.31 bits per heavy atom. The lowest BCUT2D eigenvalue weighted by Gasteiger charge is -2.30. The SMILES string of the molecule is CC(=O)N1CCC2CCNC(=O)C21. The summed E-state index contributed by atoms with van der Waals surface area (Å²) >= 11 is 0. The van der Waals surface area contributed by atoms with Crippen LogP contribution < -0.4 is 5.32 Å². The molecule has 0 spiro atoms. The molecule has 1 N–H and O–H groups in total. The molecular formula is C9H14N2O2. The minimum atomic E-state index is -0.175. The first-order valence-corrected chi connectivity index (χ1v) is 4.75. The third kappa shape index (κ3) is 1.30. The summed E-state index contributed by atoms with van der Waals surface area (Å²) in [5.41, 5.74) is 0. The molecule has 0 saturated carbocycles. The summed E-state index contributed by atoms with van der Waals surface area (Å²) in [7, 11) is 0. The van der Waals surface area contributed by atoms with Crippen LogP contribution in [0.1, 0.15) is 19.8 Å². The van der Waals surface area contributed by atoms with Gasteiger partial charge in [-0.25, -0.2) is 0 Å². The van der Waals surface area contributed by atoms with Crippen LogP contribution in [-0.2, 0) is 9.59 Å². The molecule has 72 valence electrons. The first-order valence-electron chi connectivity index (χ1n) is 4.75. The van der Waals surface area contributed by atoms with E-state index in [-0.39, 0.29) is 17.9 Å². The van der Waals surface area contributed by atoms with Crippen LogP contribution in [0.15, 0.2) is 0 Å². The highest BCUT2D eigenvalue weighted by molar-refractivity contribution is 5.88. The van der Waals surface area contributed by atoms with Gasteiger partial charge in [0, 0.05) is 20.0 Å². The zero-order valence-corrected chi connectivity index (χ0v) is 7.75. The van der Waals surface area contributed by atoms with Crippen molar-refractivity contribution in [3.05, 3.63) is 0 Å². The molecule has 2 rings (SSSR count). The maximum Gasteiger partial charge on any atom is 0.243 e. The molecule has 0 aromatic heterocycles. The van der Waals surface area contributed by atoms with Gasteiger partial charge in [-0.3, -0.25) is 9.59 Å². The van der Waals surface area contributed by atoms with Gasteiger partial charge in [-0.1, -0.05) is 0 Å². The molecule has 0 aromatic rings. The van der Waals surface area contributed by atoms with Crippen molar-refractivity contribution in [2.75, 3.05) is 13.1 Å². The molecular weight excluding hydrogens is 168 g/mol. The number of hydrogen-bond donors (Lipinski definition) is 1. The minimum absolute atomic E-state index is 0.0181. The zero-order chi connectivity index (χ0) is 9.42. The van der Waals surface area contributed by atoms with Crippen molar-refractivity contribution >= 4 is 11.8 Å².